The van der Waals surface area contributed by atoms with Crippen molar-refractivity contribution in [2.24, 2.45) is 0 Å². The molecule has 0 spiro atoms. The summed E-state index contributed by atoms with van der Waals surface area (Å²) in [6, 6.07) is 1.79. The van der Waals surface area contributed by atoms with Gasteiger partial charge in [0.05, 0.1) is 18.9 Å². The van der Waals surface area contributed by atoms with Gasteiger partial charge in [0.25, 0.3) is 0 Å². The molecule has 0 fully saturated rings. The minimum atomic E-state index is -0.527. The number of anilines is 1. The molecule has 2 aromatic heterocycles. The van der Waals surface area contributed by atoms with E-state index < -0.39 is 5.97 Å². The summed E-state index contributed by atoms with van der Waals surface area (Å²) in [5.74, 6) is 0.214. The highest BCUT2D eigenvalue weighted by molar-refractivity contribution is 7.19. The molecule has 0 radical (unpaired) electrons. The Morgan fingerprint density at radius 2 is 2.38 bits per heavy atom. The molecule has 0 unspecified atom stereocenters. The van der Waals surface area contributed by atoms with Crippen LogP contribution in [0.3, 0.4) is 0 Å². The van der Waals surface area contributed by atoms with E-state index in [1.807, 2.05) is 6.92 Å². The molecular weight excluding hydrogens is 228 g/mol. The lowest BCUT2D eigenvalue weighted by Crippen LogP contribution is -2.04. The van der Waals surface area contributed by atoms with Gasteiger partial charge in [-0.2, -0.15) is 0 Å². The van der Waals surface area contributed by atoms with E-state index in [0.29, 0.717) is 10.0 Å². The molecule has 2 heterocycles. The molecule has 0 aliphatic heterocycles. The number of methoxy groups -OCH3 is 1. The van der Waals surface area contributed by atoms with Crippen molar-refractivity contribution >= 4 is 22.3 Å². The van der Waals surface area contributed by atoms with E-state index in [9.17, 15) is 4.79 Å². The number of hydrogen-bond donors (Lipinski definition) is 1. The Hall–Kier alpha value is -1.82. The van der Waals surface area contributed by atoms with Crippen LogP contribution in [-0.2, 0) is 4.74 Å². The van der Waals surface area contributed by atoms with E-state index in [-0.39, 0.29) is 5.69 Å². The average molecular weight is 238 g/mol. The van der Waals surface area contributed by atoms with Gasteiger partial charge >= 0.3 is 5.97 Å². The Balaban J connectivity index is 2.46. The number of ether oxygens (including phenoxy) is 1. The summed E-state index contributed by atoms with van der Waals surface area (Å²) in [7, 11) is 1.30. The van der Waals surface area contributed by atoms with Crippen molar-refractivity contribution in [3.05, 3.63) is 23.8 Å². The SMILES string of the molecule is COC(=O)c1nc(-c2ccoc2C)sc1N. The van der Waals surface area contributed by atoms with Crippen LogP contribution in [0.1, 0.15) is 16.2 Å². The number of carbonyl (C=O) groups is 1. The number of aromatic nitrogens is 1. The largest absolute Gasteiger partial charge is 0.469 e. The van der Waals surface area contributed by atoms with Crippen molar-refractivity contribution in [3.63, 3.8) is 0 Å². The first-order valence-corrected chi connectivity index (χ1v) is 5.34. The van der Waals surface area contributed by atoms with Crippen LogP contribution in [0.2, 0.25) is 0 Å². The van der Waals surface area contributed by atoms with Crippen molar-refractivity contribution in [1.29, 1.82) is 0 Å². The highest BCUT2D eigenvalue weighted by Crippen LogP contribution is 2.32. The number of esters is 1. The molecular formula is C10H10N2O3S. The first-order chi connectivity index (χ1) is 7.63. The maximum atomic E-state index is 11.3. The topological polar surface area (TPSA) is 78.3 Å². The lowest BCUT2D eigenvalue weighted by atomic mass is 10.3. The second-order valence-corrected chi connectivity index (χ2v) is 4.14. The van der Waals surface area contributed by atoms with Crippen LogP contribution in [0.25, 0.3) is 10.6 Å². The molecule has 0 aliphatic carbocycles. The second kappa shape index (κ2) is 3.97. The first kappa shape index (κ1) is 10.7. The number of nitrogens with zero attached hydrogens (tertiary/aromatic N) is 1. The van der Waals surface area contributed by atoms with Crippen LogP contribution >= 0.6 is 11.3 Å². The van der Waals surface area contributed by atoms with Gasteiger partial charge in [-0.05, 0) is 13.0 Å². The molecule has 0 aromatic carbocycles. The lowest BCUT2D eigenvalue weighted by Gasteiger charge is -1.93. The summed E-state index contributed by atoms with van der Waals surface area (Å²) in [4.78, 5) is 15.5. The molecule has 2 rings (SSSR count). The summed E-state index contributed by atoms with van der Waals surface area (Å²) >= 11 is 1.24. The third-order valence-electron chi connectivity index (χ3n) is 2.12. The standard InChI is InChI=1S/C10H10N2O3S/c1-5-6(3-4-15-5)9-12-7(8(11)16-9)10(13)14-2/h3-4H,11H2,1-2H3. The summed E-state index contributed by atoms with van der Waals surface area (Å²) < 4.78 is 9.74. The van der Waals surface area contributed by atoms with Gasteiger partial charge in [0.1, 0.15) is 15.8 Å². The number of hydrogen-bond acceptors (Lipinski definition) is 6. The van der Waals surface area contributed by atoms with Gasteiger partial charge in [-0.3, -0.25) is 0 Å². The van der Waals surface area contributed by atoms with Gasteiger partial charge in [0, 0.05) is 0 Å². The summed E-state index contributed by atoms with van der Waals surface area (Å²) in [5.41, 5.74) is 6.69. The predicted molar refractivity (Wildman–Crippen MR) is 60.3 cm³/mol. The molecule has 0 aliphatic rings. The van der Waals surface area contributed by atoms with Crippen LogP contribution in [0.4, 0.5) is 5.00 Å². The van der Waals surface area contributed by atoms with E-state index in [1.165, 1.54) is 18.4 Å². The van der Waals surface area contributed by atoms with Crippen LogP contribution in [0.15, 0.2) is 16.7 Å². The van der Waals surface area contributed by atoms with Crippen molar-refractivity contribution in [1.82, 2.24) is 4.98 Å². The second-order valence-electron chi connectivity index (χ2n) is 3.11. The maximum absolute atomic E-state index is 11.3. The third-order valence-corrected chi connectivity index (χ3v) is 3.04. The van der Waals surface area contributed by atoms with Gasteiger partial charge in [0.2, 0.25) is 0 Å². The Morgan fingerprint density at radius 1 is 1.62 bits per heavy atom. The molecule has 0 atom stereocenters. The van der Waals surface area contributed by atoms with Gasteiger partial charge in [-0.1, -0.05) is 11.3 Å². The van der Waals surface area contributed by atoms with Crippen LogP contribution in [0, 0.1) is 6.92 Å². The highest BCUT2D eigenvalue weighted by Gasteiger charge is 2.19. The Morgan fingerprint density at radius 3 is 2.94 bits per heavy atom. The van der Waals surface area contributed by atoms with Gasteiger partial charge in [0.15, 0.2) is 5.69 Å². The molecule has 84 valence electrons. The van der Waals surface area contributed by atoms with Gasteiger partial charge in [-0.25, -0.2) is 9.78 Å². The molecule has 2 N–H and O–H groups in total. The fraction of sp³-hybridized carbons (Fsp3) is 0.200. The monoisotopic (exact) mass is 238 g/mol. The third kappa shape index (κ3) is 1.67. The predicted octanol–water partition coefficient (Wildman–Crippen LogP) is 2.08. The smallest absolute Gasteiger partial charge is 0.359 e. The molecule has 5 nitrogen and oxygen atoms in total. The summed E-state index contributed by atoms with van der Waals surface area (Å²) in [6.45, 7) is 1.82. The zero-order chi connectivity index (χ0) is 11.7. The average Bonchev–Trinajstić information content (AvgIpc) is 2.83. The van der Waals surface area contributed by atoms with E-state index >= 15 is 0 Å². The van der Waals surface area contributed by atoms with E-state index in [4.69, 9.17) is 10.2 Å². The van der Waals surface area contributed by atoms with Gasteiger partial charge in [-0.15, -0.1) is 0 Å². The Labute approximate surface area is 95.9 Å². The number of nitrogens with two attached hydrogens (primary N) is 1. The molecule has 0 saturated heterocycles. The number of thiazole rings is 1. The fourth-order valence-corrected chi connectivity index (χ4v) is 2.19. The number of aryl methyl sites for hydroxylation is 1. The van der Waals surface area contributed by atoms with E-state index in [0.717, 1.165) is 11.3 Å². The highest BCUT2D eigenvalue weighted by atomic mass is 32.1. The molecule has 0 bridgehead atoms. The van der Waals surface area contributed by atoms with Crippen molar-refractivity contribution in [2.45, 2.75) is 6.92 Å². The molecule has 0 amide bonds. The summed E-state index contributed by atoms with van der Waals surface area (Å²) in [6.07, 6.45) is 1.57. The zero-order valence-electron chi connectivity index (χ0n) is 8.81. The zero-order valence-corrected chi connectivity index (χ0v) is 9.63. The Bertz CT molecular complexity index is 530. The quantitative estimate of drug-likeness (QED) is 0.810. The molecule has 16 heavy (non-hydrogen) atoms. The fourth-order valence-electron chi connectivity index (χ4n) is 1.30. The Kier molecular flexibility index (Phi) is 2.66. The molecule has 2 aromatic rings. The van der Waals surface area contributed by atoms with Crippen LogP contribution < -0.4 is 5.73 Å². The summed E-state index contributed by atoms with van der Waals surface area (Å²) in [5, 5.41) is 1.01. The van der Waals surface area contributed by atoms with Crippen LogP contribution in [0.5, 0.6) is 0 Å². The van der Waals surface area contributed by atoms with Crippen molar-refractivity contribution in [3.8, 4) is 10.6 Å². The van der Waals surface area contributed by atoms with E-state index in [2.05, 4.69) is 9.72 Å². The van der Waals surface area contributed by atoms with Gasteiger partial charge < -0.3 is 14.9 Å². The van der Waals surface area contributed by atoms with Crippen molar-refractivity contribution in [2.75, 3.05) is 12.8 Å². The first-order valence-electron chi connectivity index (χ1n) is 4.52. The number of furan rings is 1. The lowest BCUT2D eigenvalue weighted by molar-refractivity contribution is 0.0596. The molecule has 0 saturated carbocycles. The maximum Gasteiger partial charge on any atom is 0.359 e. The number of rotatable bonds is 2. The minimum Gasteiger partial charge on any atom is -0.469 e. The number of nitrogen functional groups attached to an aromatic ring is 1. The minimum absolute atomic E-state index is 0.156. The number of carbonyl (C=O) groups excluding carboxylic acids is 1. The van der Waals surface area contributed by atoms with Crippen molar-refractivity contribution < 1.29 is 13.9 Å². The molecule has 6 heteroatoms. The van der Waals surface area contributed by atoms with E-state index in [1.54, 1.807) is 12.3 Å². The van der Waals surface area contributed by atoms with Crippen LogP contribution in [-0.4, -0.2) is 18.1 Å². The normalized spacial score (nSPS) is 10.4.